The van der Waals surface area contributed by atoms with Crippen LogP contribution in [0.1, 0.15) is 6.42 Å². The highest BCUT2D eigenvalue weighted by molar-refractivity contribution is 7.99. The molecule has 1 saturated heterocycles. The standard InChI is InChI=1S/C13H19ClN2S/c1-16(2)13-4-3-11(14)7-12(13)15-8-10-5-6-17-9-10/h3-4,7,10,15H,5-6,8-9H2,1-2H3. The van der Waals surface area contributed by atoms with Gasteiger partial charge in [-0.25, -0.2) is 0 Å². The fraction of sp³-hybridized carbons (Fsp3) is 0.538. The molecule has 0 aliphatic carbocycles. The number of anilines is 2. The van der Waals surface area contributed by atoms with Gasteiger partial charge in [-0.1, -0.05) is 11.6 Å². The highest BCUT2D eigenvalue weighted by atomic mass is 35.5. The summed E-state index contributed by atoms with van der Waals surface area (Å²) in [6.45, 7) is 1.05. The Hall–Kier alpha value is -0.540. The zero-order chi connectivity index (χ0) is 12.3. The van der Waals surface area contributed by atoms with Gasteiger partial charge in [-0.3, -0.25) is 0 Å². The zero-order valence-corrected chi connectivity index (χ0v) is 11.9. The van der Waals surface area contributed by atoms with Crippen LogP contribution in [0.3, 0.4) is 0 Å². The van der Waals surface area contributed by atoms with Crippen LogP contribution in [-0.4, -0.2) is 32.1 Å². The lowest BCUT2D eigenvalue weighted by Gasteiger charge is -2.20. The molecule has 4 heteroatoms. The summed E-state index contributed by atoms with van der Waals surface area (Å²) in [6.07, 6.45) is 1.33. The van der Waals surface area contributed by atoms with Crippen molar-refractivity contribution in [2.75, 3.05) is 42.4 Å². The second-order valence-electron chi connectivity index (χ2n) is 4.67. The average Bonchev–Trinajstić information content (AvgIpc) is 2.78. The van der Waals surface area contributed by atoms with E-state index in [4.69, 9.17) is 11.6 Å². The van der Waals surface area contributed by atoms with E-state index in [1.165, 1.54) is 23.6 Å². The Balaban J connectivity index is 2.04. The first-order valence-electron chi connectivity index (χ1n) is 5.95. The lowest BCUT2D eigenvalue weighted by atomic mass is 10.1. The minimum Gasteiger partial charge on any atom is -0.383 e. The van der Waals surface area contributed by atoms with Gasteiger partial charge in [0.05, 0.1) is 11.4 Å². The van der Waals surface area contributed by atoms with Crippen LogP contribution in [0.15, 0.2) is 18.2 Å². The highest BCUT2D eigenvalue weighted by Crippen LogP contribution is 2.29. The molecule has 0 amide bonds. The summed E-state index contributed by atoms with van der Waals surface area (Å²) in [6, 6.07) is 6.01. The Morgan fingerprint density at radius 3 is 2.94 bits per heavy atom. The third-order valence-corrected chi connectivity index (χ3v) is 4.51. The van der Waals surface area contributed by atoms with E-state index in [1.54, 1.807) is 0 Å². The highest BCUT2D eigenvalue weighted by Gasteiger charge is 2.15. The number of nitrogens with one attached hydrogen (secondary N) is 1. The maximum atomic E-state index is 6.05. The van der Waals surface area contributed by atoms with Crippen molar-refractivity contribution in [3.05, 3.63) is 23.2 Å². The molecule has 1 aromatic rings. The van der Waals surface area contributed by atoms with Crippen molar-refractivity contribution in [3.8, 4) is 0 Å². The maximum absolute atomic E-state index is 6.05. The Kier molecular flexibility index (Phi) is 4.46. The van der Waals surface area contributed by atoms with E-state index in [-0.39, 0.29) is 0 Å². The number of hydrogen-bond acceptors (Lipinski definition) is 3. The molecule has 1 aromatic carbocycles. The van der Waals surface area contributed by atoms with Gasteiger partial charge in [0.2, 0.25) is 0 Å². The van der Waals surface area contributed by atoms with Gasteiger partial charge in [0, 0.05) is 25.7 Å². The van der Waals surface area contributed by atoms with Gasteiger partial charge in [-0.15, -0.1) is 0 Å². The molecule has 0 saturated carbocycles. The van der Waals surface area contributed by atoms with Gasteiger partial charge in [0.1, 0.15) is 0 Å². The van der Waals surface area contributed by atoms with Crippen LogP contribution in [0, 0.1) is 5.92 Å². The Bertz CT molecular complexity index is 376. The van der Waals surface area contributed by atoms with Crippen LogP contribution in [-0.2, 0) is 0 Å². The number of hydrogen-bond donors (Lipinski definition) is 1. The molecule has 2 nitrogen and oxygen atoms in total. The topological polar surface area (TPSA) is 15.3 Å². The van der Waals surface area contributed by atoms with Crippen LogP contribution in [0.25, 0.3) is 0 Å². The van der Waals surface area contributed by atoms with E-state index < -0.39 is 0 Å². The fourth-order valence-corrected chi connectivity index (χ4v) is 3.50. The second kappa shape index (κ2) is 5.87. The molecule has 1 fully saturated rings. The van der Waals surface area contributed by atoms with Crippen molar-refractivity contribution in [1.82, 2.24) is 0 Å². The summed E-state index contributed by atoms with van der Waals surface area (Å²) in [5.41, 5.74) is 2.33. The number of benzene rings is 1. The van der Waals surface area contributed by atoms with Crippen molar-refractivity contribution in [2.24, 2.45) is 5.92 Å². The fourth-order valence-electron chi connectivity index (χ4n) is 2.04. The molecular formula is C13H19ClN2S. The molecule has 1 N–H and O–H groups in total. The normalized spacial score (nSPS) is 19.4. The van der Waals surface area contributed by atoms with Gasteiger partial charge < -0.3 is 10.2 Å². The lowest BCUT2D eigenvalue weighted by Crippen LogP contribution is -2.17. The Morgan fingerprint density at radius 1 is 1.47 bits per heavy atom. The lowest BCUT2D eigenvalue weighted by molar-refractivity contribution is 0.632. The zero-order valence-electron chi connectivity index (χ0n) is 10.4. The van der Waals surface area contributed by atoms with E-state index >= 15 is 0 Å². The SMILES string of the molecule is CN(C)c1ccc(Cl)cc1NCC1CCSC1. The van der Waals surface area contributed by atoms with Crippen LogP contribution in [0.5, 0.6) is 0 Å². The van der Waals surface area contributed by atoms with E-state index in [9.17, 15) is 0 Å². The van der Waals surface area contributed by atoms with Gasteiger partial charge in [0.25, 0.3) is 0 Å². The number of thioether (sulfide) groups is 1. The minimum absolute atomic E-state index is 0.791. The molecule has 1 atom stereocenters. The van der Waals surface area contributed by atoms with Crippen molar-refractivity contribution < 1.29 is 0 Å². The minimum atomic E-state index is 0.791. The summed E-state index contributed by atoms with van der Waals surface area (Å²) in [4.78, 5) is 2.11. The van der Waals surface area contributed by atoms with E-state index in [2.05, 4.69) is 42.1 Å². The predicted molar refractivity (Wildman–Crippen MR) is 79.7 cm³/mol. The van der Waals surface area contributed by atoms with Gasteiger partial charge in [-0.2, -0.15) is 11.8 Å². The molecule has 0 bridgehead atoms. The molecule has 1 unspecified atom stereocenters. The first-order valence-corrected chi connectivity index (χ1v) is 7.48. The van der Waals surface area contributed by atoms with Crippen LogP contribution in [0.2, 0.25) is 5.02 Å². The first kappa shape index (κ1) is 12.9. The van der Waals surface area contributed by atoms with Crippen molar-refractivity contribution >= 4 is 34.7 Å². The number of halogens is 1. The second-order valence-corrected chi connectivity index (χ2v) is 6.25. The average molecular weight is 271 g/mol. The smallest absolute Gasteiger partial charge is 0.0597 e. The summed E-state index contributed by atoms with van der Waals surface area (Å²) in [5, 5.41) is 4.33. The quantitative estimate of drug-likeness (QED) is 0.901. The molecular weight excluding hydrogens is 252 g/mol. The molecule has 17 heavy (non-hydrogen) atoms. The Morgan fingerprint density at radius 2 is 2.29 bits per heavy atom. The van der Waals surface area contributed by atoms with Crippen LogP contribution >= 0.6 is 23.4 Å². The van der Waals surface area contributed by atoms with Crippen molar-refractivity contribution in [1.29, 1.82) is 0 Å². The molecule has 1 aliphatic heterocycles. The molecule has 1 aliphatic rings. The molecule has 0 radical (unpaired) electrons. The van der Waals surface area contributed by atoms with Gasteiger partial charge in [0.15, 0.2) is 0 Å². The molecule has 1 heterocycles. The van der Waals surface area contributed by atoms with Gasteiger partial charge in [-0.05, 0) is 42.0 Å². The molecule has 0 aromatic heterocycles. The summed E-state index contributed by atoms with van der Waals surface area (Å²) >= 11 is 8.11. The first-order chi connectivity index (χ1) is 8.16. The summed E-state index contributed by atoms with van der Waals surface area (Å²) in [5.74, 6) is 3.39. The largest absolute Gasteiger partial charge is 0.383 e. The number of rotatable bonds is 4. The summed E-state index contributed by atoms with van der Waals surface area (Å²) < 4.78 is 0. The summed E-state index contributed by atoms with van der Waals surface area (Å²) in [7, 11) is 4.11. The van der Waals surface area contributed by atoms with Crippen molar-refractivity contribution in [3.63, 3.8) is 0 Å². The van der Waals surface area contributed by atoms with E-state index in [0.29, 0.717) is 0 Å². The maximum Gasteiger partial charge on any atom is 0.0597 e. The van der Waals surface area contributed by atoms with Crippen LogP contribution < -0.4 is 10.2 Å². The third kappa shape index (κ3) is 3.46. The van der Waals surface area contributed by atoms with E-state index in [0.717, 1.165) is 23.2 Å². The molecule has 0 spiro atoms. The Labute approximate surface area is 113 Å². The third-order valence-electron chi connectivity index (χ3n) is 3.05. The molecule has 2 rings (SSSR count). The predicted octanol–water partition coefficient (Wildman–Crippen LogP) is 3.57. The molecule has 94 valence electrons. The van der Waals surface area contributed by atoms with Gasteiger partial charge >= 0.3 is 0 Å². The number of nitrogens with zero attached hydrogens (tertiary/aromatic N) is 1. The monoisotopic (exact) mass is 270 g/mol. The van der Waals surface area contributed by atoms with Crippen LogP contribution in [0.4, 0.5) is 11.4 Å². The van der Waals surface area contributed by atoms with Crippen molar-refractivity contribution in [2.45, 2.75) is 6.42 Å². The van der Waals surface area contributed by atoms with E-state index in [1.807, 2.05) is 12.1 Å².